The van der Waals surface area contributed by atoms with Gasteiger partial charge in [-0.2, -0.15) is 0 Å². The highest BCUT2D eigenvalue weighted by Gasteiger charge is 2.20. The van der Waals surface area contributed by atoms with Gasteiger partial charge >= 0.3 is 5.97 Å². The van der Waals surface area contributed by atoms with E-state index in [9.17, 15) is 19.5 Å². The monoisotopic (exact) mass is 417 g/mol. The van der Waals surface area contributed by atoms with E-state index in [4.69, 9.17) is 4.74 Å². The molecule has 6 nitrogen and oxygen atoms in total. The second-order valence-electron chi connectivity index (χ2n) is 5.25. The number of aliphatic carboxylic acids is 1. The number of carbonyl (C=O) groups excluding carboxylic acids is 2. The number of rotatable bonds is 7. The molecule has 0 saturated carbocycles. The van der Waals surface area contributed by atoms with Crippen molar-refractivity contribution in [2.75, 3.05) is 6.61 Å². The largest absolute Gasteiger partial charge is 0.494 e. The van der Waals surface area contributed by atoms with Gasteiger partial charge in [0.15, 0.2) is 5.78 Å². The highest BCUT2D eigenvalue weighted by Crippen LogP contribution is 2.17. The molecule has 1 aliphatic rings. The van der Waals surface area contributed by atoms with Crippen molar-refractivity contribution in [3.63, 3.8) is 0 Å². The van der Waals surface area contributed by atoms with Gasteiger partial charge in [-0.3, -0.25) is 4.79 Å². The second-order valence-corrected chi connectivity index (χ2v) is 6.17. The zero-order valence-electron chi connectivity index (χ0n) is 13.9. The average molecular weight is 418 g/mol. The Labute approximate surface area is 158 Å². The lowest BCUT2D eigenvalue weighted by Gasteiger charge is -2.20. The van der Waals surface area contributed by atoms with Crippen LogP contribution < -0.4 is 5.32 Å². The van der Waals surface area contributed by atoms with Gasteiger partial charge in [-0.05, 0) is 43.3 Å². The Morgan fingerprint density at radius 3 is 2.62 bits per heavy atom. The maximum atomic E-state index is 12.3. The van der Waals surface area contributed by atoms with Crippen molar-refractivity contribution in [1.82, 2.24) is 5.32 Å². The van der Waals surface area contributed by atoms with Crippen LogP contribution in [0.25, 0.3) is 0 Å². The van der Waals surface area contributed by atoms with E-state index in [0.717, 1.165) is 10.5 Å². The van der Waals surface area contributed by atoms with E-state index in [2.05, 4.69) is 21.2 Å². The number of hydrogen-bond donors (Lipinski definition) is 2. The van der Waals surface area contributed by atoms with Crippen LogP contribution in [0.2, 0.25) is 0 Å². The number of benzene rings is 1. The fraction of sp³-hybridized carbons (Fsp3) is 0.158. The molecule has 134 valence electrons. The summed E-state index contributed by atoms with van der Waals surface area (Å²) in [5, 5.41) is 12.1. The number of carboxylic acids is 1. The quantitative estimate of drug-likeness (QED) is 0.402. The van der Waals surface area contributed by atoms with E-state index >= 15 is 0 Å². The molecule has 2 N–H and O–H groups in total. The zero-order chi connectivity index (χ0) is 19.1. The van der Waals surface area contributed by atoms with Gasteiger partial charge in [0.05, 0.1) is 18.2 Å². The molecule has 0 radical (unpaired) electrons. The summed E-state index contributed by atoms with van der Waals surface area (Å²) in [6.45, 7) is 2.24. The van der Waals surface area contributed by atoms with E-state index in [1.165, 1.54) is 6.08 Å². The van der Waals surface area contributed by atoms with Gasteiger partial charge in [-0.15, -0.1) is 0 Å². The molecular formula is C19H16BrNO5. The third-order valence-electron chi connectivity index (χ3n) is 3.46. The fourth-order valence-electron chi connectivity index (χ4n) is 2.22. The van der Waals surface area contributed by atoms with Crippen LogP contribution in [-0.2, 0) is 14.3 Å². The predicted molar refractivity (Wildman–Crippen MR) is 99.2 cm³/mol. The lowest BCUT2D eigenvalue weighted by molar-refractivity contribution is -0.133. The topological polar surface area (TPSA) is 92.7 Å². The average Bonchev–Trinajstić information content (AvgIpc) is 2.62. The minimum Gasteiger partial charge on any atom is -0.494 e. The summed E-state index contributed by atoms with van der Waals surface area (Å²) in [5.41, 5.74) is 0.199. The Kier molecular flexibility index (Phi) is 6.72. The van der Waals surface area contributed by atoms with E-state index in [1.54, 1.807) is 42.4 Å². The minimum absolute atomic E-state index is 0.180. The Morgan fingerprint density at radius 1 is 1.35 bits per heavy atom. The lowest BCUT2D eigenvalue weighted by Crippen LogP contribution is -2.33. The van der Waals surface area contributed by atoms with Crippen molar-refractivity contribution in [1.29, 1.82) is 0 Å². The molecule has 0 heterocycles. The summed E-state index contributed by atoms with van der Waals surface area (Å²) in [6.07, 6.45) is 5.66. The molecule has 1 aliphatic carbocycles. The number of nitrogens with one attached hydrogen (secondary N) is 1. The minimum atomic E-state index is -1.31. The van der Waals surface area contributed by atoms with Gasteiger partial charge in [-0.1, -0.05) is 22.0 Å². The van der Waals surface area contributed by atoms with Crippen LogP contribution >= 0.6 is 15.9 Å². The molecule has 26 heavy (non-hydrogen) atoms. The molecule has 0 aliphatic heterocycles. The third kappa shape index (κ3) is 5.05. The maximum absolute atomic E-state index is 12.3. The van der Waals surface area contributed by atoms with Crippen molar-refractivity contribution in [2.24, 2.45) is 0 Å². The number of hydrogen-bond acceptors (Lipinski definition) is 5. The molecule has 0 fully saturated rings. The number of carboxylic acid groups (broad SMARTS) is 1. The van der Waals surface area contributed by atoms with E-state index in [0.29, 0.717) is 17.9 Å². The molecule has 1 aromatic carbocycles. The van der Waals surface area contributed by atoms with Crippen molar-refractivity contribution in [3.05, 3.63) is 75.6 Å². The summed E-state index contributed by atoms with van der Waals surface area (Å²) in [4.78, 5) is 34.9. The number of ketones is 1. The van der Waals surface area contributed by atoms with Crippen molar-refractivity contribution < 1.29 is 24.2 Å². The Balaban J connectivity index is 2.22. The standard InChI is InChI=1S/C19H16BrNO5/c1-2-26-15-7-8-16(13(9-15)11-22)21-17(19(24)25)10-18(23)12-3-5-14(20)6-4-12/h3-10,16,21H,2H2,1H3,(H,24,25). The van der Waals surface area contributed by atoms with Gasteiger partial charge < -0.3 is 15.2 Å². The first-order valence-electron chi connectivity index (χ1n) is 7.73. The van der Waals surface area contributed by atoms with Crippen LogP contribution in [0.3, 0.4) is 0 Å². The van der Waals surface area contributed by atoms with Crippen LogP contribution in [0.5, 0.6) is 0 Å². The van der Waals surface area contributed by atoms with Crippen molar-refractivity contribution >= 4 is 33.6 Å². The fourth-order valence-corrected chi connectivity index (χ4v) is 2.49. The van der Waals surface area contributed by atoms with Crippen LogP contribution in [0, 0.1) is 0 Å². The van der Waals surface area contributed by atoms with Gasteiger partial charge in [-0.25, -0.2) is 9.59 Å². The third-order valence-corrected chi connectivity index (χ3v) is 3.99. The molecule has 7 heteroatoms. The lowest BCUT2D eigenvalue weighted by atomic mass is 10.0. The first kappa shape index (κ1) is 19.4. The predicted octanol–water partition coefficient (Wildman–Crippen LogP) is 2.81. The Morgan fingerprint density at radius 2 is 2.04 bits per heavy atom. The summed E-state index contributed by atoms with van der Waals surface area (Å²) in [6, 6.07) is 5.81. The van der Waals surface area contributed by atoms with E-state index in [1.807, 2.05) is 6.92 Å². The number of carbonyl (C=O) groups is 2. The van der Waals surface area contributed by atoms with Gasteiger partial charge in [0.2, 0.25) is 0 Å². The van der Waals surface area contributed by atoms with E-state index in [-0.39, 0.29) is 11.3 Å². The molecule has 1 atom stereocenters. The Hall–Kier alpha value is -2.89. The first-order chi connectivity index (χ1) is 12.4. The molecule has 1 unspecified atom stereocenters. The number of halogens is 1. The maximum Gasteiger partial charge on any atom is 0.352 e. The molecule has 0 aromatic heterocycles. The molecule has 2 rings (SSSR count). The summed E-state index contributed by atoms with van der Waals surface area (Å²) in [5.74, 6) is 0.467. The van der Waals surface area contributed by atoms with Crippen LogP contribution in [0.4, 0.5) is 0 Å². The van der Waals surface area contributed by atoms with Crippen LogP contribution in [-0.4, -0.2) is 35.4 Å². The van der Waals surface area contributed by atoms with Crippen LogP contribution in [0.1, 0.15) is 17.3 Å². The molecular weight excluding hydrogens is 402 g/mol. The zero-order valence-corrected chi connectivity index (χ0v) is 15.4. The van der Waals surface area contributed by atoms with Crippen LogP contribution in [0.15, 0.2) is 70.1 Å². The van der Waals surface area contributed by atoms with Gasteiger partial charge in [0, 0.05) is 16.1 Å². The molecule has 1 aromatic rings. The molecule has 0 saturated heterocycles. The highest BCUT2D eigenvalue weighted by atomic mass is 79.9. The van der Waals surface area contributed by atoms with Crippen molar-refractivity contribution in [3.8, 4) is 0 Å². The second kappa shape index (κ2) is 8.99. The molecule has 0 amide bonds. The first-order valence-corrected chi connectivity index (χ1v) is 8.53. The molecule has 0 bridgehead atoms. The molecule has 0 spiro atoms. The number of ether oxygens (including phenoxy) is 1. The van der Waals surface area contributed by atoms with E-state index < -0.39 is 17.8 Å². The smallest absolute Gasteiger partial charge is 0.352 e. The van der Waals surface area contributed by atoms with Crippen molar-refractivity contribution in [2.45, 2.75) is 13.0 Å². The number of allylic oxidation sites excluding steroid dienone is 2. The highest BCUT2D eigenvalue weighted by molar-refractivity contribution is 9.10. The summed E-state index contributed by atoms with van der Waals surface area (Å²) in [7, 11) is 0. The summed E-state index contributed by atoms with van der Waals surface area (Å²) < 4.78 is 6.11. The normalized spacial score (nSPS) is 16.5. The van der Waals surface area contributed by atoms with Gasteiger partial charge in [0.25, 0.3) is 0 Å². The summed E-state index contributed by atoms with van der Waals surface area (Å²) >= 11 is 3.27. The SMILES string of the molecule is CCOC1=CC(=C=O)C(NC(=CC(=O)c2ccc(Br)cc2)C(=O)O)C=C1. The Bertz CT molecular complexity index is 845. The van der Waals surface area contributed by atoms with Gasteiger partial charge in [0.1, 0.15) is 17.4 Å².